The number of carbonyl (C=O) groups excluding carboxylic acids is 2. The highest BCUT2D eigenvalue weighted by molar-refractivity contribution is 9.10. The molecule has 1 atom stereocenters. The van der Waals surface area contributed by atoms with Gasteiger partial charge in [0, 0.05) is 113 Å². The molecule has 13 rings (SSSR count). The van der Waals surface area contributed by atoms with Crippen LogP contribution in [0.2, 0.25) is 8.93 Å². The third-order valence-corrected chi connectivity index (χ3v) is 16.0. The number of aliphatic hydroxyl groups excluding tert-OH is 1. The zero-order valence-corrected chi connectivity index (χ0v) is 50.2. The van der Waals surface area contributed by atoms with Gasteiger partial charge in [-0.05, 0) is 114 Å². The summed E-state index contributed by atoms with van der Waals surface area (Å²) in [6.45, 7) is 0. The van der Waals surface area contributed by atoms with Crippen molar-refractivity contribution in [1.82, 2.24) is 54.1 Å². The molecule has 7 heterocycles. The fourth-order valence-corrected chi connectivity index (χ4v) is 11.6. The number of aldehydes is 2. The number of rotatable bonds is 15. The Kier molecular flexibility index (Phi) is 22.3. The molecule has 0 bridgehead atoms. The Morgan fingerprint density at radius 3 is 1.42 bits per heavy atom. The average molecular weight is 1270 g/mol. The van der Waals surface area contributed by atoms with Crippen molar-refractivity contribution in [2.75, 3.05) is 0 Å². The molecule has 13 aromatic rings. The monoisotopic (exact) mass is 1270 g/mol. The van der Waals surface area contributed by atoms with Crippen LogP contribution in [0.3, 0.4) is 0 Å². The number of aryl methyl sites for hydroxylation is 2. The second kappa shape index (κ2) is 31.2. The molecule has 20 heteroatoms. The number of thiazole rings is 3. The lowest BCUT2D eigenvalue weighted by Gasteiger charge is -2.10. The van der Waals surface area contributed by atoms with Crippen LogP contribution in [0.25, 0.3) is 22.7 Å². The second-order valence-electron chi connectivity index (χ2n) is 18.2. The van der Waals surface area contributed by atoms with Gasteiger partial charge < -0.3 is 5.11 Å². The fraction of sp³-hybridized carbons (Fsp3) is 0.0781. The van der Waals surface area contributed by atoms with Gasteiger partial charge in [-0.3, -0.25) is 9.59 Å². The summed E-state index contributed by atoms with van der Waals surface area (Å²) < 4.78 is 9.16. The van der Waals surface area contributed by atoms with E-state index in [9.17, 15) is 14.7 Å². The topological polar surface area (TPSA) is 164 Å². The Morgan fingerprint density at radius 2 is 0.929 bits per heavy atom. The smallest absolute Gasteiger partial charge is 0.183 e. The number of hydrogen-bond acceptors (Lipinski definition) is 13. The van der Waals surface area contributed by atoms with Crippen molar-refractivity contribution in [3.8, 4) is 22.7 Å². The van der Waals surface area contributed by atoms with Crippen LogP contribution in [-0.2, 0) is 25.7 Å². The normalized spacial score (nSPS) is 10.9. The Labute approximate surface area is 515 Å². The van der Waals surface area contributed by atoms with Crippen LogP contribution in [0.15, 0.2) is 249 Å². The third-order valence-electron chi connectivity index (χ3n) is 12.2. The van der Waals surface area contributed by atoms with E-state index in [1.165, 1.54) is 49.2 Å². The number of aliphatic hydroxyl groups is 1. The standard InChI is InChI=1S/C21H19N3S.C13H10ClN3OS.C13H10ClN3S.C10H8N2O.C7H5BrO/c1-2-6-17(7-3-1)10-11-21-22-16-20(25-21)15-18-8-4-9-19(14-18)24-13-5-12-23-24;14-13-15-8-11(19-13)12(18)9-3-1-4-10(7-9)17-6-2-5-16-17;14-13-15-9-12(18-13)8-10-3-1-4-11(7-10)17-6-2-5-16-17;13-8-9-3-1-4-10(7-9)12-6-2-5-11-12;8-7-3-1-2-6(4-7)5-9/h1-9,12-14,16H,10-11,15H2;1-8,12,18H;1-7,9H,8H2;1-8H;1-5H. The molecule has 0 aliphatic rings. The van der Waals surface area contributed by atoms with Gasteiger partial charge >= 0.3 is 0 Å². The largest absolute Gasteiger partial charge is 0.383 e. The van der Waals surface area contributed by atoms with E-state index in [2.05, 4.69) is 118 Å². The highest BCUT2D eigenvalue weighted by Crippen LogP contribution is 2.30. The summed E-state index contributed by atoms with van der Waals surface area (Å²) in [6, 6.07) is 57.1. The molecule has 6 aromatic carbocycles. The minimum atomic E-state index is -0.722. The van der Waals surface area contributed by atoms with Crippen molar-refractivity contribution in [3.05, 3.63) is 311 Å². The maximum absolute atomic E-state index is 10.5. The van der Waals surface area contributed by atoms with E-state index in [-0.39, 0.29) is 0 Å². The molecular weight excluding hydrogens is 1220 g/mol. The lowest BCUT2D eigenvalue weighted by Crippen LogP contribution is -2.00. The van der Waals surface area contributed by atoms with Gasteiger partial charge in [0.25, 0.3) is 0 Å². The quantitative estimate of drug-likeness (QED) is 0.0977. The van der Waals surface area contributed by atoms with Gasteiger partial charge in [-0.15, -0.1) is 34.0 Å². The van der Waals surface area contributed by atoms with Crippen molar-refractivity contribution >= 4 is 85.7 Å². The van der Waals surface area contributed by atoms with Crippen molar-refractivity contribution in [3.63, 3.8) is 0 Å². The number of halogens is 3. The highest BCUT2D eigenvalue weighted by atomic mass is 79.9. The molecule has 0 saturated heterocycles. The van der Waals surface area contributed by atoms with Crippen LogP contribution in [0.4, 0.5) is 0 Å². The van der Waals surface area contributed by atoms with E-state index < -0.39 is 6.10 Å². The minimum absolute atomic E-state index is 0.428. The molecule has 84 heavy (non-hydrogen) atoms. The maximum atomic E-state index is 10.5. The van der Waals surface area contributed by atoms with Crippen LogP contribution in [-0.4, -0.2) is 71.8 Å². The SMILES string of the molecule is Clc1ncc(Cc2cccc(-n3cccn3)c2)s1.O=Cc1cccc(-n2cccn2)c1.O=Cc1cccc(Br)c1.OC(c1cccc(-n2cccn2)c1)c1cnc(Cl)s1.c1ccc(CCc2ncc(Cc3cccc(-n4cccn4)c3)s2)cc1. The molecule has 0 saturated carbocycles. The van der Waals surface area contributed by atoms with Crippen LogP contribution >= 0.6 is 73.1 Å². The maximum Gasteiger partial charge on any atom is 0.183 e. The number of nitrogens with zero attached hydrogens (tertiary/aromatic N) is 11. The molecule has 0 radical (unpaired) electrons. The van der Waals surface area contributed by atoms with E-state index in [1.54, 1.807) is 64.6 Å². The van der Waals surface area contributed by atoms with Crippen LogP contribution < -0.4 is 0 Å². The molecule has 0 aliphatic heterocycles. The van der Waals surface area contributed by atoms with E-state index in [1.807, 2.05) is 143 Å². The summed E-state index contributed by atoms with van der Waals surface area (Å²) in [4.78, 5) is 36.4. The zero-order valence-electron chi connectivity index (χ0n) is 44.7. The summed E-state index contributed by atoms with van der Waals surface area (Å²) >= 11 is 19.5. The van der Waals surface area contributed by atoms with E-state index in [0.717, 1.165) is 80.8 Å². The summed E-state index contributed by atoms with van der Waals surface area (Å²) in [6.07, 6.45) is 24.8. The third kappa shape index (κ3) is 18.2. The minimum Gasteiger partial charge on any atom is -0.383 e. The van der Waals surface area contributed by atoms with E-state index >= 15 is 0 Å². The molecule has 1 N–H and O–H groups in total. The molecule has 0 spiro atoms. The first-order valence-electron chi connectivity index (χ1n) is 26.1. The van der Waals surface area contributed by atoms with Crippen molar-refractivity contribution in [2.45, 2.75) is 31.8 Å². The van der Waals surface area contributed by atoms with Crippen LogP contribution in [0.5, 0.6) is 0 Å². The van der Waals surface area contributed by atoms with E-state index in [4.69, 9.17) is 23.2 Å². The first-order valence-corrected chi connectivity index (χ1v) is 30.1. The Morgan fingerprint density at radius 1 is 0.464 bits per heavy atom. The van der Waals surface area contributed by atoms with Crippen molar-refractivity contribution in [1.29, 1.82) is 0 Å². The Hall–Kier alpha value is -8.59. The summed E-state index contributed by atoms with van der Waals surface area (Å²) in [7, 11) is 0. The van der Waals surface area contributed by atoms with Gasteiger partial charge in [-0.25, -0.2) is 33.7 Å². The molecule has 7 aromatic heterocycles. The lowest BCUT2D eigenvalue weighted by molar-refractivity contribution is 0.111. The zero-order chi connectivity index (χ0) is 58.3. The van der Waals surface area contributed by atoms with Crippen LogP contribution in [0, 0.1) is 0 Å². The molecule has 420 valence electrons. The van der Waals surface area contributed by atoms with Gasteiger partial charge in [0.15, 0.2) is 8.93 Å². The molecule has 14 nitrogen and oxygen atoms in total. The second-order valence-corrected chi connectivity index (χ2v) is 23.6. The average Bonchev–Trinajstić information content (AvgIpc) is 4.57. The fourth-order valence-electron chi connectivity index (χ4n) is 8.23. The van der Waals surface area contributed by atoms with Crippen molar-refractivity contribution < 1.29 is 14.7 Å². The van der Waals surface area contributed by atoms with E-state index in [0.29, 0.717) is 20.1 Å². The summed E-state index contributed by atoms with van der Waals surface area (Å²) in [5.41, 5.74) is 9.97. The summed E-state index contributed by atoms with van der Waals surface area (Å²) in [5.74, 6) is 0. The van der Waals surface area contributed by atoms with Gasteiger partial charge in [0.05, 0.1) is 32.6 Å². The molecule has 0 fully saturated rings. The molecule has 1 unspecified atom stereocenters. The first-order chi connectivity index (χ1) is 41.1. The van der Waals surface area contributed by atoms with Gasteiger partial charge in [0.2, 0.25) is 0 Å². The predicted octanol–water partition coefficient (Wildman–Crippen LogP) is 15.3. The Balaban J connectivity index is 0.000000130. The molecular formula is C64H52BrCl2N11O3S3. The lowest BCUT2D eigenvalue weighted by atomic mass is 10.1. The predicted molar refractivity (Wildman–Crippen MR) is 339 cm³/mol. The molecule has 0 aliphatic carbocycles. The highest BCUT2D eigenvalue weighted by Gasteiger charge is 2.15. The number of aromatic nitrogens is 11. The number of hydrogen-bond donors (Lipinski definition) is 1. The molecule has 0 amide bonds. The van der Waals surface area contributed by atoms with Crippen LogP contribution in [0.1, 0.15) is 68.7 Å². The number of benzene rings is 6. The number of carbonyl (C=O) groups is 2. The first kappa shape index (κ1) is 60.0. The van der Waals surface area contributed by atoms with Gasteiger partial charge in [-0.1, -0.05) is 130 Å². The summed E-state index contributed by atoms with van der Waals surface area (Å²) in [5, 5.41) is 28.3. The Bertz CT molecular complexity index is 4060. The van der Waals surface area contributed by atoms with Crippen molar-refractivity contribution in [2.24, 2.45) is 0 Å². The van der Waals surface area contributed by atoms with Gasteiger partial charge in [0.1, 0.15) is 18.7 Å². The van der Waals surface area contributed by atoms with Gasteiger partial charge in [-0.2, -0.15) is 20.4 Å².